The Morgan fingerprint density at radius 3 is 2.79 bits per heavy atom. The topological polar surface area (TPSA) is 12.0 Å². The molecule has 0 aromatic carbocycles. The van der Waals surface area contributed by atoms with Crippen LogP contribution in [0.15, 0.2) is 12.7 Å². The summed E-state index contributed by atoms with van der Waals surface area (Å²) >= 11 is 0. The molecule has 1 fully saturated rings. The number of nitrogens with one attached hydrogen (secondary N) is 1. The second kappa shape index (κ2) is 7.05. The van der Waals surface area contributed by atoms with E-state index in [0.29, 0.717) is 0 Å². The Kier molecular flexibility index (Phi) is 5.93. The molecule has 0 aromatic rings. The average Bonchev–Trinajstić information content (AvgIpc) is 2.95. The van der Waals surface area contributed by atoms with Crippen LogP contribution >= 0.6 is 0 Å². The Morgan fingerprint density at radius 1 is 1.36 bits per heavy atom. The van der Waals surface area contributed by atoms with Crippen LogP contribution < -0.4 is 5.32 Å². The Bertz CT molecular complexity index is 149. The SMILES string of the molecule is C=CCCCCCNC(C)CC1CC1. The molecule has 1 rings (SSSR count). The fourth-order valence-electron chi connectivity index (χ4n) is 1.88. The Morgan fingerprint density at radius 2 is 2.14 bits per heavy atom. The average molecular weight is 195 g/mol. The van der Waals surface area contributed by atoms with Crippen LogP contribution in [0.5, 0.6) is 0 Å². The van der Waals surface area contributed by atoms with Gasteiger partial charge in [0, 0.05) is 6.04 Å². The predicted molar refractivity (Wildman–Crippen MR) is 63.5 cm³/mol. The fourth-order valence-corrected chi connectivity index (χ4v) is 1.88. The maximum Gasteiger partial charge on any atom is 0.00413 e. The van der Waals surface area contributed by atoms with Gasteiger partial charge in [0.15, 0.2) is 0 Å². The zero-order valence-corrected chi connectivity index (χ0v) is 9.60. The molecule has 1 saturated carbocycles. The van der Waals surface area contributed by atoms with Crippen molar-refractivity contribution in [2.45, 2.75) is 57.9 Å². The van der Waals surface area contributed by atoms with Crippen LogP contribution in [0.3, 0.4) is 0 Å². The smallest absolute Gasteiger partial charge is 0.00413 e. The van der Waals surface area contributed by atoms with E-state index in [9.17, 15) is 0 Å². The van der Waals surface area contributed by atoms with Crippen molar-refractivity contribution in [2.75, 3.05) is 6.54 Å². The van der Waals surface area contributed by atoms with Gasteiger partial charge in [-0.1, -0.05) is 25.3 Å². The fraction of sp³-hybridized carbons (Fsp3) is 0.846. The highest BCUT2D eigenvalue weighted by Crippen LogP contribution is 2.33. The quantitative estimate of drug-likeness (QED) is 0.438. The third-order valence-corrected chi connectivity index (χ3v) is 2.96. The largest absolute Gasteiger partial charge is 0.314 e. The highest BCUT2D eigenvalue weighted by atomic mass is 14.9. The van der Waals surface area contributed by atoms with Crippen molar-refractivity contribution in [1.82, 2.24) is 5.32 Å². The standard InChI is InChI=1S/C13H25N/c1-3-4-5-6-7-10-14-12(2)11-13-8-9-13/h3,12-14H,1,4-11H2,2H3. The van der Waals surface area contributed by atoms with E-state index in [2.05, 4.69) is 18.8 Å². The van der Waals surface area contributed by atoms with E-state index in [1.54, 1.807) is 0 Å². The third-order valence-electron chi connectivity index (χ3n) is 2.96. The molecule has 82 valence electrons. The van der Waals surface area contributed by atoms with Gasteiger partial charge in [0.2, 0.25) is 0 Å². The number of hydrogen-bond acceptors (Lipinski definition) is 1. The van der Waals surface area contributed by atoms with Crippen LogP contribution in [0.25, 0.3) is 0 Å². The van der Waals surface area contributed by atoms with Crippen molar-refractivity contribution in [3.63, 3.8) is 0 Å². The molecule has 14 heavy (non-hydrogen) atoms. The number of unbranched alkanes of at least 4 members (excludes halogenated alkanes) is 3. The minimum absolute atomic E-state index is 0.738. The first-order valence-corrected chi connectivity index (χ1v) is 6.17. The zero-order chi connectivity index (χ0) is 10.2. The van der Waals surface area contributed by atoms with Crippen LogP contribution in [0.2, 0.25) is 0 Å². The van der Waals surface area contributed by atoms with Crippen molar-refractivity contribution in [3.05, 3.63) is 12.7 Å². The van der Waals surface area contributed by atoms with Crippen LogP contribution in [0.4, 0.5) is 0 Å². The van der Waals surface area contributed by atoms with Crippen LogP contribution in [0, 0.1) is 5.92 Å². The molecule has 1 aliphatic carbocycles. The van der Waals surface area contributed by atoms with Crippen LogP contribution in [0.1, 0.15) is 51.9 Å². The molecule has 1 N–H and O–H groups in total. The van der Waals surface area contributed by atoms with Gasteiger partial charge < -0.3 is 5.32 Å². The van der Waals surface area contributed by atoms with E-state index in [4.69, 9.17) is 0 Å². The van der Waals surface area contributed by atoms with E-state index < -0.39 is 0 Å². The number of allylic oxidation sites excluding steroid dienone is 1. The molecule has 1 atom stereocenters. The minimum Gasteiger partial charge on any atom is -0.314 e. The Balaban J connectivity index is 1.79. The second-order valence-electron chi connectivity index (χ2n) is 4.67. The molecule has 1 heteroatoms. The molecule has 1 aliphatic rings. The molecule has 0 bridgehead atoms. The Labute approximate surface area is 89.0 Å². The summed E-state index contributed by atoms with van der Waals surface area (Å²) in [6.07, 6.45) is 11.5. The monoisotopic (exact) mass is 195 g/mol. The second-order valence-corrected chi connectivity index (χ2v) is 4.67. The molecular formula is C13H25N. The van der Waals surface area contributed by atoms with Gasteiger partial charge in [0.25, 0.3) is 0 Å². The Hall–Kier alpha value is -0.300. The van der Waals surface area contributed by atoms with Gasteiger partial charge in [0.1, 0.15) is 0 Å². The summed E-state index contributed by atoms with van der Waals surface area (Å²) in [5.41, 5.74) is 0. The summed E-state index contributed by atoms with van der Waals surface area (Å²) in [5, 5.41) is 3.61. The zero-order valence-electron chi connectivity index (χ0n) is 9.60. The third kappa shape index (κ3) is 6.20. The van der Waals surface area contributed by atoms with Crippen molar-refractivity contribution < 1.29 is 0 Å². The molecule has 0 amide bonds. The summed E-state index contributed by atoms with van der Waals surface area (Å²) in [5.74, 6) is 1.05. The van der Waals surface area contributed by atoms with Gasteiger partial charge in [-0.05, 0) is 45.1 Å². The van der Waals surface area contributed by atoms with E-state index >= 15 is 0 Å². The van der Waals surface area contributed by atoms with Gasteiger partial charge >= 0.3 is 0 Å². The maximum atomic E-state index is 3.73. The van der Waals surface area contributed by atoms with Crippen molar-refractivity contribution in [2.24, 2.45) is 5.92 Å². The molecule has 0 saturated heterocycles. The first kappa shape index (κ1) is 11.8. The summed E-state index contributed by atoms with van der Waals surface area (Å²) < 4.78 is 0. The summed E-state index contributed by atoms with van der Waals surface area (Å²) in [6, 6.07) is 0.738. The lowest BCUT2D eigenvalue weighted by molar-refractivity contribution is 0.475. The lowest BCUT2D eigenvalue weighted by Gasteiger charge is -2.12. The van der Waals surface area contributed by atoms with Gasteiger partial charge in [-0.15, -0.1) is 6.58 Å². The highest BCUT2D eigenvalue weighted by Gasteiger charge is 2.22. The van der Waals surface area contributed by atoms with Crippen LogP contribution in [-0.4, -0.2) is 12.6 Å². The number of rotatable bonds is 9. The van der Waals surface area contributed by atoms with Crippen molar-refractivity contribution >= 4 is 0 Å². The molecule has 0 spiro atoms. The van der Waals surface area contributed by atoms with Gasteiger partial charge in [0.05, 0.1) is 0 Å². The predicted octanol–water partition coefficient (Wildman–Crippen LogP) is 3.51. The molecule has 1 unspecified atom stereocenters. The normalized spacial score (nSPS) is 18.1. The van der Waals surface area contributed by atoms with E-state index in [1.165, 1.54) is 51.5 Å². The first-order chi connectivity index (χ1) is 6.83. The summed E-state index contributed by atoms with van der Waals surface area (Å²) in [4.78, 5) is 0. The molecule has 0 heterocycles. The lowest BCUT2D eigenvalue weighted by atomic mass is 10.1. The van der Waals surface area contributed by atoms with E-state index in [1.807, 2.05) is 6.08 Å². The highest BCUT2D eigenvalue weighted by molar-refractivity contribution is 4.77. The molecule has 0 radical (unpaired) electrons. The van der Waals surface area contributed by atoms with Gasteiger partial charge in [-0.3, -0.25) is 0 Å². The molecule has 1 nitrogen and oxygen atoms in total. The number of hydrogen-bond donors (Lipinski definition) is 1. The molecule has 0 aliphatic heterocycles. The van der Waals surface area contributed by atoms with Crippen molar-refractivity contribution in [1.29, 1.82) is 0 Å². The van der Waals surface area contributed by atoms with Gasteiger partial charge in [-0.2, -0.15) is 0 Å². The molecule has 0 aromatic heterocycles. The first-order valence-electron chi connectivity index (χ1n) is 6.17. The lowest BCUT2D eigenvalue weighted by Crippen LogP contribution is -2.27. The summed E-state index contributed by atoms with van der Waals surface area (Å²) in [7, 11) is 0. The summed E-state index contributed by atoms with van der Waals surface area (Å²) in [6.45, 7) is 7.25. The van der Waals surface area contributed by atoms with Crippen molar-refractivity contribution in [3.8, 4) is 0 Å². The van der Waals surface area contributed by atoms with E-state index in [0.717, 1.165) is 12.0 Å². The molecular weight excluding hydrogens is 170 g/mol. The van der Waals surface area contributed by atoms with Crippen LogP contribution in [-0.2, 0) is 0 Å². The maximum absolute atomic E-state index is 3.73. The minimum atomic E-state index is 0.738. The van der Waals surface area contributed by atoms with Gasteiger partial charge in [-0.25, -0.2) is 0 Å². The van der Waals surface area contributed by atoms with E-state index in [-0.39, 0.29) is 0 Å².